The second-order valence-electron chi connectivity index (χ2n) is 2.14. The molecule has 0 saturated carbocycles. The second-order valence-corrected chi connectivity index (χ2v) is 2.54. The zero-order valence-corrected chi connectivity index (χ0v) is 6.18. The third-order valence-electron chi connectivity index (χ3n) is 1.43. The molecule has 1 aliphatic carbocycles. The Morgan fingerprint density at radius 1 is 1.40 bits per heavy atom. The minimum absolute atomic E-state index is 0.563. The Labute approximate surface area is 64.5 Å². The van der Waals surface area contributed by atoms with E-state index in [0.29, 0.717) is 5.17 Å². The van der Waals surface area contributed by atoms with Gasteiger partial charge in [0.15, 0.2) is 5.17 Å². The largest absolute Gasteiger partial charge is 0.221 e. The van der Waals surface area contributed by atoms with Gasteiger partial charge in [0, 0.05) is 0 Å². The maximum absolute atomic E-state index is 4.10. The topological polar surface area (TPSA) is 24.7 Å². The lowest BCUT2D eigenvalue weighted by molar-refractivity contribution is 1.31. The molecular formula is C7H6N2S. The summed E-state index contributed by atoms with van der Waals surface area (Å²) in [6, 6.07) is 0. The summed E-state index contributed by atoms with van der Waals surface area (Å²) in [6.45, 7) is 0. The molecule has 0 bridgehead atoms. The van der Waals surface area contributed by atoms with Crippen molar-refractivity contribution in [2.45, 2.75) is 6.42 Å². The molecule has 0 aromatic rings. The molecule has 0 N–H and O–H groups in total. The van der Waals surface area contributed by atoms with Crippen molar-refractivity contribution in [3.63, 3.8) is 0 Å². The fourth-order valence-electron chi connectivity index (χ4n) is 0.987. The molecule has 0 spiro atoms. The molecule has 0 saturated heterocycles. The highest BCUT2D eigenvalue weighted by molar-refractivity contribution is 7.97. The number of thiol groups is 1. The Balaban J connectivity index is 2.46. The van der Waals surface area contributed by atoms with E-state index in [1.807, 2.05) is 12.2 Å². The lowest BCUT2D eigenvalue weighted by Gasteiger charge is -1.97. The van der Waals surface area contributed by atoms with Crippen molar-refractivity contribution >= 4 is 23.5 Å². The average molecular weight is 150 g/mol. The van der Waals surface area contributed by atoms with Crippen LogP contribution in [0.3, 0.4) is 0 Å². The Morgan fingerprint density at radius 2 is 2.30 bits per heavy atom. The number of hydrogen-bond donors (Lipinski definition) is 1. The Bertz CT molecular complexity index is 284. The fraction of sp³-hybridized carbons (Fsp3) is 0.143. The predicted octanol–water partition coefficient (Wildman–Crippen LogP) is 1.57. The monoisotopic (exact) mass is 150 g/mol. The molecule has 1 aliphatic heterocycles. The van der Waals surface area contributed by atoms with Gasteiger partial charge in [-0.05, 0) is 12.5 Å². The molecule has 0 fully saturated rings. The summed E-state index contributed by atoms with van der Waals surface area (Å²) >= 11 is 4.03. The quantitative estimate of drug-likeness (QED) is 0.507. The van der Waals surface area contributed by atoms with Crippen molar-refractivity contribution in [3.8, 4) is 0 Å². The first-order valence-electron chi connectivity index (χ1n) is 3.10. The summed E-state index contributed by atoms with van der Waals surface area (Å²) in [5.41, 5.74) is 1.91. The summed E-state index contributed by atoms with van der Waals surface area (Å²) in [6.07, 6.45) is 7.03. The summed E-state index contributed by atoms with van der Waals surface area (Å²) in [7, 11) is 0. The Morgan fingerprint density at radius 3 is 3.10 bits per heavy atom. The van der Waals surface area contributed by atoms with E-state index >= 15 is 0 Å². The van der Waals surface area contributed by atoms with Crippen molar-refractivity contribution in [2.75, 3.05) is 0 Å². The number of allylic oxidation sites excluding steroid dienone is 3. The number of amidine groups is 1. The van der Waals surface area contributed by atoms with Crippen LogP contribution in [0.5, 0.6) is 0 Å². The van der Waals surface area contributed by atoms with Gasteiger partial charge in [-0.25, -0.2) is 9.98 Å². The number of fused-ring (bicyclic) bond motifs is 1. The third kappa shape index (κ3) is 0.827. The van der Waals surface area contributed by atoms with Crippen LogP contribution in [0, 0.1) is 0 Å². The van der Waals surface area contributed by atoms with Gasteiger partial charge in [-0.3, -0.25) is 0 Å². The molecule has 0 atom stereocenters. The molecule has 0 aromatic heterocycles. The number of aliphatic imine (C=N–C) groups is 2. The molecule has 2 nitrogen and oxygen atoms in total. The summed E-state index contributed by atoms with van der Waals surface area (Å²) < 4.78 is 0. The van der Waals surface area contributed by atoms with E-state index in [-0.39, 0.29) is 0 Å². The zero-order chi connectivity index (χ0) is 6.97. The molecule has 1 heterocycles. The van der Waals surface area contributed by atoms with Gasteiger partial charge in [0.25, 0.3) is 0 Å². The number of nitrogens with zero attached hydrogens (tertiary/aromatic N) is 2. The van der Waals surface area contributed by atoms with Gasteiger partial charge in [0.1, 0.15) is 0 Å². The van der Waals surface area contributed by atoms with Crippen molar-refractivity contribution in [3.05, 3.63) is 23.9 Å². The molecule has 0 unspecified atom stereocenters. The molecule has 2 rings (SSSR count). The van der Waals surface area contributed by atoms with Gasteiger partial charge >= 0.3 is 0 Å². The number of hydrogen-bond acceptors (Lipinski definition) is 2. The van der Waals surface area contributed by atoms with E-state index < -0.39 is 0 Å². The van der Waals surface area contributed by atoms with Crippen LogP contribution in [0.25, 0.3) is 0 Å². The molecular weight excluding hydrogens is 144 g/mol. The van der Waals surface area contributed by atoms with Gasteiger partial charge in [0.2, 0.25) is 0 Å². The minimum Gasteiger partial charge on any atom is -0.221 e. The molecule has 0 radical (unpaired) electrons. The van der Waals surface area contributed by atoms with E-state index in [9.17, 15) is 0 Å². The first-order chi connectivity index (χ1) is 4.86. The van der Waals surface area contributed by atoms with Crippen LogP contribution in [0.1, 0.15) is 6.42 Å². The highest BCUT2D eigenvalue weighted by Crippen LogP contribution is 2.17. The van der Waals surface area contributed by atoms with E-state index in [0.717, 1.165) is 17.8 Å². The highest BCUT2D eigenvalue weighted by atomic mass is 32.1. The summed E-state index contributed by atoms with van der Waals surface area (Å²) in [5, 5.41) is 0.563. The summed E-state index contributed by atoms with van der Waals surface area (Å²) in [5.74, 6) is 0. The smallest absolute Gasteiger partial charge is 0.185 e. The van der Waals surface area contributed by atoms with E-state index in [4.69, 9.17) is 0 Å². The van der Waals surface area contributed by atoms with Crippen LogP contribution in [0.2, 0.25) is 0 Å². The van der Waals surface area contributed by atoms with Crippen LogP contribution >= 0.6 is 12.6 Å². The van der Waals surface area contributed by atoms with Crippen LogP contribution < -0.4 is 0 Å². The normalized spacial score (nSPS) is 21.5. The summed E-state index contributed by atoms with van der Waals surface area (Å²) in [4.78, 5) is 8.18. The Hall–Kier alpha value is -0.830. The predicted molar refractivity (Wildman–Crippen MR) is 45.7 cm³/mol. The lowest BCUT2D eigenvalue weighted by atomic mass is 10.1. The third-order valence-corrected chi connectivity index (χ3v) is 1.63. The van der Waals surface area contributed by atoms with Gasteiger partial charge in [-0.15, -0.1) is 12.6 Å². The van der Waals surface area contributed by atoms with Crippen molar-refractivity contribution in [2.24, 2.45) is 9.98 Å². The maximum atomic E-state index is 4.10. The molecule has 2 aliphatic rings. The molecule has 3 heteroatoms. The van der Waals surface area contributed by atoms with Crippen LogP contribution in [0.4, 0.5) is 0 Å². The fourth-order valence-corrected chi connectivity index (χ4v) is 1.20. The SMILES string of the molecule is SC1=NC2=CCC=CC2=N1. The number of rotatable bonds is 0. The Kier molecular flexibility index (Phi) is 1.24. The van der Waals surface area contributed by atoms with Crippen LogP contribution in [0.15, 0.2) is 33.9 Å². The average Bonchev–Trinajstić information content (AvgIpc) is 2.27. The lowest BCUT2D eigenvalue weighted by Crippen LogP contribution is -1.95. The standard InChI is InChI=1S/C7H6N2S/c10-7-8-5-3-1-2-4-6(5)9-7/h1,3-4H,2H2,(H,9,10). The molecule has 50 valence electrons. The van der Waals surface area contributed by atoms with Gasteiger partial charge < -0.3 is 0 Å². The molecule has 0 amide bonds. The van der Waals surface area contributed by atoms with Gasteiger partial charge in [-0.1, -0.05) is 12.2 Å². The van der Waals surface area contributed by atoms with E-state index in [1.165, 1.54) is 0 Å². The van der Waals surface area contributed by atoms with E-state index in [1.54, 1.807) is 0 Å². The van der Waals surface area contributed by atoms with Crippen molar-refractivity contribution in [1.29, 1.82) is 0 Å². The first-order valence-corrected chi connectivity index (χ1v) is 3.54. The second kappa shape index (κ2) is 2.09. The molecule has 10 heavy (non-hydrogen) atoms. The van der Waals surface area contributed by atoms with Crippen molar-refractivity contribution in [1.82, 2.24) is 0 Å². The maximum Gasteiger partial charge on any atom is 0.185 e. The minimum atomic E-state index is 0.563. The van der Waals surface area contributed by atoms with Crippen LogP contribution in [-0.2, 0) is 0 Å². The first kappa shape index (κ1) is 5.92. The zero-order valence-electron chi connectivity index (χ0n) is 5.28. The highest BCUT2D eigenvalue weighted by Gasteiger charge is 2.12. The van der Waals surface area contributed by atoms with Gasteiger partial charge in [0.05, 0.1) is 11.4 Å². The van der Waals surface area contributed by atoms with Crippen LogP contribution in [-0.4, -0.2) is 10.9 Å². The van der Waals surface area contributed by atoms with Gasteiger partial charge in [-0.2, -0.15) is 0 Å². The van der Waals surface area contributed by atoms with E-state index in [2.05, 4.69) is 28.7 Å². The molecule has 0 aromatic carbocycles. The van der Waals surface area contributed by atoms with Crippen molar-refractivity contribution < 1.29 is 0 Å².